The first-order valence-corrected chi connectivity index (χ1v) is 7.92. The molecule has 0 spiro atoms. The average molecular weight is 252 g/mol. The standard InChI is InChI=1S/C16H32N2/c1-4-5-6-7-8-9-10-11-12-17-13-14-18(15-17)16(2)3/h13-14,16H,4-12,15H2,1-3H3. The topological polar surface area (TPSA) is 6.48 Å². The maximum atomic E-state index is 2.44. The summed E-state index contributed by atoms with van der Waals surface area (Å²) in [5.74, 6) is 0. The van der Waals surface area contributed by atoms with Crippen LogP contribution in [0.5, 0.6) is 0 Å². The molecule has 2 heteroatoms. The molecule has 0 N–H and O–H groups in total. The molecule has 1 aliphatic heterocycles. The van der Waals surface area contributed by atoms with E-state index in [1.165, 1.54) is 57.9 Å². The van der Waals surface area contributed by atoms with Gasteiger partial charge >= 0.3 is 0 Å². The Bertz CT molecular complexity index is 223. The second-order valence-electron chi connectivity index (χ2n) is 5.83. The quantitative estimate of drug-likeness (QED) is 0.525. The van der Waals surface area contributed by atoms with Crippen LogP contribution in [0.1, 0.15) is 72.1 Å². The van der Waals surface area contributed by atoms with Crippen molar-refractivity contribution in [1.82, 2.24) is 9.80 Å². The fraction of sp³-hybridized carbons (Fsp3) is 0.875. The number of unbranched alkanes of at least 4 members (excludes halogenated alkanes) is 7. The Morgan fingerprint density at radius 2 is 1.50 bits per heavy atom. The first kappa shape index (κ1) is 15.4. The van der Waals surface area contributed by atoms with Gasteiger partial charge in [0.05, 0.1) is 6.67 Å². The SMILES string of the molecule is CCCCCCCCCCN1C=CN(C(C)C)C1. The summed E-state index contributed by atoms with van der Waals surface area (Å²) < 4.78 is 0. The largest absolute Gasteiger partial charge is 0.359 e. The molecule has 0 saturated carbocycles. The van der Waals surface area contributed by atoms with E-state index in [9.17, 15) is 0 Å². The van der Waals surface area contributed by atoms with Crippen LogP contribution in [0.15, 0.2) is 12.4 Å². The van der Waals surface area contributed by atoms with Gasteiger partial charge in [-0.1, -0.05) is 51.9 Å². The zero-order valence-corrected chi connectivity index (χ0v) is 12.7. The second kappa shape index (κ2) is 9.29. The Kier molecular flexibility index (Phi) is 7.95. The predicted molar refractivity (Wildman–Crippen MR) is 80.3 cm³/mol. The third kappa shape index (κ3) is 6.32. The van der Waals surface area contributed by atoms with E-state index in [2.05, 4.69) is 43.0 Å². The highest BCUT2D eigenvalue weighted by molar-refractivity contribution is 4.91. The lowest BCUT2D eigenvalue weighted by atomic mass is 10.1. The lowest BCUT2D eigenvalue weighted by Crippen LogP contribution is -2.30. The third-order valence-electron chi connectivity index (χ3n) is 3.78. The molecule has 2 nitrogen and oxygen atoms in total. The fourth-order valence-electron chi connectivity index (χ4n) is 2.41. The smallest absolute Gasteiger partial charge is 0.0896 e. The van der Waals surface area contributed by atoms with Gasteiger partial charge in [0.1, 0.15) is 0 Å². The Labute approximate surface area is 114 Å². The summed E-state index contributed by atoms with van der Waals surface area (Å²) in [6, 6.07) is 0.629. The summed E-state index contributed by atoms with van der Waals surface area (Å²) in [5.41, 5.74) is 0. The van der Waals surface area contributed by atoms with E-state index >= 15 is 0 Å². The molecule has 0 atom stereocenters. The Morgan fingerprint density at radius 1 is 0.889 bits per heavy atom. The zero-order valence-electron chi connectivity index (χ0n) is 12.7. The molecule has 0 aromatic rings. The highest BCUT2D eigenvalue weighted by atomic mass is 15.3. The molecule has 106 valence electrons. The third-order valence-corrected chi connectivity index (χ3v) is 3.78. The molecule has 0 amide bonds. The van der Waals surface area contributed by atoms with Crippen LogP contribution >= 0.6 is 0 Å². The van der Waals surface area contributed by atoms with E-state index < -0.39 is 0 Å². The number of hydrogen-bond acceptors (Lipinski definition) is 2. The van der Waals surface area contributed by atoms with Gasteiger partial charge in [-0.25, -0.2) is 0 Å². The highest BCUT2D eigenvalue weighted by Crippen LogP contribution is 2.13. The minimum atomic E-state index is 0.629. The molecular weight excluding hydrogens is 220 g/mol. The maximum absolute atomic E-state index is 2.44. The van der Waals surface area contributed by atoms with E-state index in [1.807, 2.05) is 0 Å². The summed E-state index contributed by atoms with van der Waals surface area (Å²) in [5, 5.41) is 0. The van der Waals surface area contributed by atoms with Gasteiger partial charge in [0.2, 0.25) is 0 Å². The van der Waals surface area contributed by atoms with Crippen LogP contribution in [-0.4, -0.2) is 29.1 Å². The molecule has 0 radical (unpaired) electrons. The van der Waals surface area contributed by atoms with E-state index in [1.54, 1.807) is 0 Å². The predicted octanol–water partition coefficient (Wildman–Crippen LogP) is 4.58. The van der Waals surface area contributed by atoms with E-state index in [-0.39, 0.29) is 0 Å². The fourth-order valence-corrected chi connectivity index (χ4v) is 2.41. The Balaban J connectivity index is 1.89. The van der Waals surface area contributed by atoms with Crippen molar-refractivity contribution in [1.29, 1.82) is 0 Å². The van der Waals surface area contributed by atoms with Crippen LogP contribution in [0.2, 0.25) is 0 Å². The Morgan fingerprint density at radius 3 is 2.06 bits per heavy atom. The molecule has 1 rings (SSSR count). The lowest BCUT2D eigenvalue weighted by Gasteiger charge is -2.24. The molecule has 0 fully saturated rings. The van der Waals surface area contributed by atoms with Gasteiger partial charge in [0, 0.05) is 25.0 Å². The van der Waals surface area contributed by atoms with Crippen molar-refractivity contribution in [3.05, 3.63) is 12.4 Å². The maximum Gasteiger partial charge on any atom is 0.0896 e. The molecule has 0 unspecified atom stereocenters. The average Bonchev–Trinajstić information content (AvgIpc) is 2.81. The normalized spacial score (nSPS) is 15.1. The molecule has 0 bridgehead atoms. The zero-order chi connectivity index (χ0) is 13.2. The van der Waals surface area contributed by atoms with Crippen LogP contribution in [0, 0.1) is 0 Å². The highest BCUT2D eigenvalue weighted by Gasteiger charge is 2.13. The monoisotopic (exact) mass is 252 g/mol. The van der Waals surface area contributed by atoms with Gasteiger partial charge in [-0.3, -0.25) is 0 Å². The summed E-state index contributed by atoms with van der Waals surface area (Å²) >= 11 is 0. The molecule has 18 heavy (non-hydrogen) atoms. The molecule has 0 aromatic carbocycles. The van der Waals surface area contributed by atoms with Gasteiger partial charge in [0.25, 0.3) is 0 Å². The van der Waals surface area contributed by atoms with Crippen molar-refractivity contribution in [3.8, 4) is 0 Å². The number of hydrogen-bond donors (Lipinski definition) is 0. The minimum absolute atomic E-state index is 0.629. The minimum Gasteiger partial charge on any atom is -0.359 e. The first-order valence-electron chi connectivity index (χ1n) is 7.92. The molecule has 0 aliphatic carbocycles. The lowest BCUT2D eigenvalue weighted by molar-refractivity contribution is 0.228. The molecule has 1 aliphatic rings. The van der Waals surface area contributed by atoms with Crippen molar-refractivity contribution < 1.29 is 0 Å². The molecule has 0 aromatic heterocycles. The van der Waals surface area contributed by atoms with E-state index in [0.29, 0.717) is 6.04 Å². The van der Waals surface area contributed by atoms with Gasteiger partial charge in [0.15, 0.2) is 0 Å². The second-order valence-corrected chi connectivity index (χ2v) is 5.83. The van der Waals surface area contributed by atoms with Crippen LogP contribution in [-0.2, 0) is 0 Å². The van der Waals surface area contributed by atoms with Gasteiger partial charge < -0.3 is 9.80 Å². The van der Waals surface area contributed by atoms with Crippen molar-refractivity contribution in [2.24, 2.45) is 0 Å². The van der Waals surface area contributed by atoms with Gasteiger partial charge in [-0.05, 0) is 20.3 Å². The van der Waals surface area contributed by atoms with Crippen molar-refractivity contribution in [3.63, 3.8) is 0 Å². The van der Waals surface area contributed by atoms with Crippen LogP contribution in [0.4, 0.5) is 0 Å². The summed E-state index contributed by atoms with van der Waals surface area (Å²) in [7, 11) is 0. The molecular formula is C16H32N2. The van der Waals surface area contributed by atoms with Crippen molar-refractivity contribution in [2.75, 3.05) is 13.2 Å². The van der Waals surface area contributed by atoms with Crippen LogP contribution < -0.4 is 0 Å². The van der Waals surface area contributed by atoms with Crippen molar-refractivity contribution >= 4 is 0 Å². The first-order chi connectivity index (χ1) is 8.74. The number of nitrogens with zero attached hydrogens (tertiary/aromatic N) is 2. The van der Waals surface area contributed by atoms with E-state index in [0.717, 1.165) is 6.67 Å². The van der Waals surface area contributed by atoms with Crippen molar-refractivity contribution in [2.45, 2.75) is 78.2 Å². The summed E-state index contributed by atoms with van der Waals surface area (Å²) in [6.07, 6.45) is 15.8. The van der Waals surface area contributed by atoms with Crippen LogP contribution in [0.3, 0.4) is 0 Å². The Hall–Kier alpha value is -0.660. The molecule has 1 heterocycles. The summed E-state index contributed by atoms with van der Waals surface area (Å²) in [4.78, 5) is 4.84. The van der Waals surface area contributed by atoms with E-state index in [4.69, 9.17) is 0 Å². The van der Waals surface area contributed by atoms with Crippen LogP contribution in [0.25, 0.3) is 0 Å². The summed E-state index contributed by atoms with van der Waals surface area (Å²) in [6.45, 7) is 9.11. The number of rotatable bonds is 10. The molecule has 0 saturated heterocycles. The van der Waals surface area contributed by atoms with Gasteiger partial charge in [-0.2, -0.15) is 0 Å². The van der Waals surface area contributed by atoms with Gasteiger partial charge in [-0.15, -0.1) is 0 Å².